The number of hydrogen-bond acceptors (Lipinski definition) is 6. The Bertz CT molecular complexity index is 241. The van der Waals surface area contributed by atoms with Crippen molar-refractivity contribution in [2.75, 3.05) is 46.6 Å². The smallest absolute Gasteiger partial charge is 0.116 e. The first-order valence-corrected chi connectivity index (χ1v) is 8.58. The van der Waals surface area contributed by atoms with Crippen molar-refractivity contribution in [3.63, 3.8) is 0 Å². The third kappa shape index (κ3) is 19.4. The zero-order valence-corrected chi connectivity index (χ0v) is 15.8. The minimum Gasteiger partial charge on any atom is -0.380 e. The van der Waals surface area contributed by atoms with Crippen molar-refractivity contribution < 1.29 is 19.1 Å². The second kappa shape index (κ2) is 19.5. The lowest BCUT2D eigenvalue weighted by Gasteiger charge is -2.27. The average Bonchev–Trinajstić information content (AvgIpc) is 2.52. The van der Waals surface area contributed by atoms with Gasteiger partial charge < -0.3 is 24.0 Å². The van der Waals surface area contributed by atoms with E-state index in [2.05, 4.69) is 37.6 Å². The van der Waals surface area contributed by atoms with Crippen molar-refractivity contribution in [2.45, 2.75) is 53.0 Å². The first kappa shape index (κ1) is 24.7. The van der Waals surface area contributed by atoms with Gasteiger partial charge >= 0.3 is 0 Å². The zero-order valence-electron chi connectivity index (χ0n) is 15.8. The van der Waals surface area contributed by atoms with Crippen molar-refractivity contribution in [3.8, 4) is 0 Å². The molecule has 0 heterocycles. The molecule has 0 aromatic rings. The van der Waals surface area contributed by atoms with Gasteiger partial charge in [-0.25, -0.2) is 5.90 Å². The van der Waals surface area contributed by atoms with E-state index in [1.807, 2.05) is 0 Å². The van der Waals surface area contributed by atoms with Gasteiger partial charge in [-0.3, -0.25) is 0 Å². The molecule has 6 heteroatoms. The number of unbranched alkanes of at least 4 members (excludes halogenated alkanes) is 2. The van der Waals surface area contributed by atoms with E-state index < -0.39 is 0 Å². The number of aldehydes is 1. The third-order valence-electron chi connectivity index (χ3n) is 3.67. The van der Waals surface area contributed by atoms with Gasteiger partial charge in [0.25, 0.3) is 0 Å². The zero-order chi connectivity index (χ0) is 17.9. The van der Waals surface area contributed by atoms with Crippen molar-refractivity contribution in [1.29, 1.82) is 0 Å². The van der Waals surface area contributed by atoms with Gasteiger partial charge in [0.05, 0.1) is 19.8 Å². The molecule has 0 rings (SSSR count). The van der Waals surface area contributed by atoms with E-state index in [1.54, 1.807) is 0 Å². The lowest BCUT2D eigenvalue weighted by molar-refractivity contribution is -0.106. The number of hydrogen-bond donors (Lipinski definition) is 1. The molecular formula is C17H38N2O4. The van der Waals surface area contributed by atoms with Crippen LogP contribution in [0.15, 0.2) is 0 Å². The van der Waals surface area contributed by atoms with Crippen molar-refractivity contribution in [3.05, 3.63) is 0 Å². The van der Waals surface area contributed by atoms with Crippen LogP contribution in [0.5, 0.6) is 0 Å². The topological polar surface area (TPSA) is 74.0 Å². The van der Waals surface area contributed by atoms with E-state index >= 15 is 0 Å². The lowest BCUT2D eigenvalue weighted by Crippen LogP contribution is -2.35. The molecule has 1 unspecified atom stereocenters. The van der Waals surface area contributed by atoms with Crippen LogP contribution in [0.2, 0.25) is 0 Å². The Morgan fingerprint density at radius 1 is 0.957 bits per heavy atom. The van der Waals surface area contributed by atoms with Crippen molar-refractivity contribution in [2.24, 2.45) is 11.8 Å². The van der Waals surface area contributed by atoms with Gasteiger partial charge in [-0.15, -0.1) is 0 Å². The summed E-state index contributed by atoms with van der Waals surface area (Å²) in [5.74, 6) is 5.58. The first-order valence-electron chi connectivity index (χ1n) is 8.58. The molecule has 0 bridgehead atoms. The highest BCUT2D eigenvalue weighted by Crippen LogP contribution is 2.07. The number of carbonyl (C=O) groups excluding carboxylic acids is 1. The van der Waals surface area contributed by atoms with Crippen LogP contribution < -0.4 is 5.90 Å². The molecule has 2 N–H and O–H groups in total. The molecule has 0 saturated heterocycles. The Balaban J connectivity index is 0. The van der Waals surface area contributed by atoms with Crippen LogP contribution in [-0.4, -0.2) is 63.9 Å². The van der Waals surface area contributed by atoms with E-state index in [4.69, 9.17) is 20.2 Å². The van der Waals surface area contributed by atoms with Gasteiger partial charge in [-0.1, -0.05) is 13.8 Å². The van der Waals surface area contributed by atoms with Crippen LogP contribution in [0.25, 0.3) is 0 Å². The number of likely N-dealkylation sites (N-methyl/N-ethyl adjacent to an activating group) is 1. The lowest BCUT2D eigenvalue weighted by atomic mass is 10.1. The molecule has 0 spiro atoms. The second-order valence-corrected chi connectivity index (χ2v) is 5.86. The molecule has 1 atom stereocenters. The molecule has 0 aliphatic rings. The molecule has 23 heavy (non-hydrogen) atoms. The number of ether oxygens (including phenoxy) is 2. The van der Waals surface area contributed by atoms with E-state index in [0.717, 1.165) is 51.9 Å². The molecule has 0 fully saturated rings. The molecular weight excluding hydrogens is 296 g/mol. The largest absolute Gasteiger partial charge is 0.380 e. The van der Waals surface area contributed by atoms with Crippen LogP contribution in [0.4, 0.5) is 0 Å². The normalized spacial score (nSPS) is 12.2. The van der Waals surface area contributed by atoms with E-state index in [-0.39, 0.29) is 0 Å². The maximum Gasteiger partial charge on any atom is 0.116 e. The average molecular weight is 335 g/mol. The highest BCUT2D eigenvalue weighted by Gasteiger charge is 2.11. The van der Waals surface area contributed by atoms with Gasteiger partial charge in [-0.2, -0.15) is 0 Å². The van der Waals surface area contributed by atoms with Gasteiger partial charge in [0.1, 0.15) is 6.29 Å². The number of rotatable bonds is 14. The summed E-state index contributed by atoms with van der Waals surface area (Å²) in [7, 11) is 2.16. The van der Waals surface area contributed by atoms with Crippen LogP contribution in [-0.2, 0) is 19.1 Å². The summed E-state index contributed by atoms with van der Waals surface area (Å²) in [6.07, 6.45) is 4.06. The summed E-state index contributed by atoms with van der Waals surface area (Å²) in [5.41, 5.74) is 0. The molecule has 140 valence electrons. The Labute approximate surface area is 142 Å². The number of carbonyl (C=O) groups is 1. The van der Waals surface area contributed by atoms with E-state index in [9.17, 15) is 0 Å². The number of nitrogens with two attached hydrogens (primary N) is 1. The minimum atomic E-state index is 0.464. The van der Waals surface area contributed by atoms with Gasteiger partial charge in [-0.05, 0) is 46.1 Å². The Hall–Kier alpha value is -0.530. The van der Waals surface area contributed by atoms with Crippen molar-refractivity contribution >= 4 is 6.29 Å². The predicted molar refractivity (Wildman–Crippen MR) is 94.3 cm³/mol. The van der Waals surface area contributed by atoms with Gasteiger partial charge in [0.15, 0.2) is 0 Å². The third-order valence-corrected chi connectivity index (χ3v) is 3.67. The van der Waals surface area contributed by atoms with Crippen LogP contribution in [0, 0.1) is 5.92 Å². The summed E-state index contributed by atoms with van der Waals surface area (Å²) < 4.78 is 11.0. The minimum absolute atomic E-state index is 0.464. The fourth-order valence-corrected chi connectivity index (χ4v) is 1.82. The van der Waals surface area contributed by atoms with Gasteiger partial charge in [0, 0.05) is 25.8 Å². The van der Waals surface area contributed by atoms with Crippen LogP contribution in [0.3, 0.4) is 0 Å². The molecule has 0 aromatic heterocycles. The van der Waals surface area contributed by atoms with E-state index in [0.29, 0.717) is 25.2 Å². The SMILES string of the molecule is CC(C)C(C)N(C)CCOCCCCCOCCON.CC=O. The predicted octanol–water partition coefficient (Wildman–Crippen LogP) is 2.26. The molecule has 0 radical (unpaired) electrons. The molecule has 0 amide bonds. The van der Waals surface area contributed by atoms with Crippen LogP contribution in [0.1, 0.15) is 47.0 Å². The van der Waals surface area contributed by atoms with Crippen molar-refractivity contribution in [1.82, 2.24) is 4.90 Å². The molecule has 0 aliphatic heterocycles. The maximum atomic E-state index is 8.81. The molecule has 6 nitrogen and oxygen atoms in total. The standard InChI is InChI=1S/C15H34N2O3.C2H4O/c1-14(2)15(3)17(4)8-11-18-9-6-5-7-10-19-12-13-20-16;1-2-3/h14-15H,5-13,16H2,1-4H3;2H,1H3. The maximum absolute atomic E-state index is 8.81. The summed E-state index contributed by atoms with van der Waals surface area (Å²) in [4.78, 5) is 15.6. The summed E-state index contributed by atoms with van der Waals surface area (Å²) >= 11 is 0. The monoisotopic (exact) mass is 334 g/mol. The highest BCUT2D eigenvalue weighted by atomic mass is 16.6. The number of nitrogens with zero attached hydrogens (tertiary/aromatic N) is 1. The van der Waals surface area contributed by atoms with E-state index in [1.165, 1.54) is 6.92 Å². The quantitative estimate of drug-likeness (QED) is 0.298. The molecule has 0 aliphatic carbocycles. The molecule has 0 saturated carbocycles. The first-order chi connectivity index (χ1) is 11.0. The van der Waals surface area contributed by atoms with Crippen LogP contribution >= 0.6 is 0 Å². The fraction of sp³-hybridized carbons (Fsp3) is 0.941. The fourth-order valence-electron chi connectivity index (χ4n) is 1.82. The summed E-state index contributed by atoms with van der Waals surface area (Å²) in [6.45, 7) is 12.7. The highest BCUT2D eigenvalue weighted by molar-refractivity contribution is 5.44. The Kier molecular flexibility index (Phi) is 21.0. The van der Waals surface area contributed by atoms with Gasteiger partial charge in [0.2, 0.25) is 0 Å². The molecule has 0 aromatic carbocycles. The Morgan fingerprint density at radius 3 is 1.96 bits per heavy atom. The Morgan fingerprint density at radius 2 is 1.48 bits per heavy atom. The second-order valence-electron chi connectivity index (χ2n) is 5.86. The summed E-state index contributed by atoms with van der Waals surface area (Å²) in [5, 5.41) is 0. The summed E-state index contributed by atoms with van der Waals surface area (Å²) in [6, 6.07) is 0.605.